The van der Waals surface area contributed by atoms with Crippen molar-refractivity contribution in [3.63, 3.8) is 0 Å². The van der Waals surface area contributed by atoms with E-state index in [-0.39, 0.29) is 0 Å². The number of nitrogens with two attached hydrogens (primary N) is 1. The lowest BCUT2D eigenvalue weighted by Gasteiger charge is -2.04. The molecule has 2 aromatic heterocycles. The van der Waals surface area contributed by atoms with Gasteiger partial charge in [0.25, 0.3) is 0 Å². The van der Waals surface area contributed by atoms with Gasteiger partial charge in [-0.2, -0.15) is 5.10 Å². The predicted molar refractivity (Wildman–Crippen MR) is 80.4 cm³/mol. The van der Waals surface area contributed by atoms with Crippen LogP contribution in [0.4, 0.5) is 0 Å². The van der Waals surface area contributed by atoms with Crippen molar-refractivity contribution in [3.05, 3.63) is 53.3 Å². The Labute approximate surface area is 118 Å². The van der Waals surface area contributed by atoms with Gasteiger partial charge in [-0.05, 0) is 31.0 Å². The molecule has 0 aliphatic rings. The summed E-state index contributed by atoms with van der Waals surface area (Å²) in [6.45, 7) is 4.56. The third-order valence-corrected chi connectivity index (χ3v) is 3.62. The van der Waals surface area contributed by atoms with Crippen LogP contribution in [0.25, 0.3) is 16.9 Å². The molecule has 3 aromatic rings. The molecule has 0 saturated heterocycles. The second-order valence-electron chi connectivity index (χ2n) is 4.89. The molecule has 4 nitrogen and oxygen atoms in total. The second-order valence-corrected chi connectivity index (χ2v) is 4.89. The van der Waals surface area contributed by atoms with Gasteiger partial charge < -0.3 is 5.73 Å². The Morgan fingerprint density at radius 3 is 2.50 bits per heavy atom. The SMILES string of the molecule is CCc1ccc(-c2ccc3nc(C)c(CN)n3n2)cc1. The molecule has 0 aliphatic carbocycles. The first-order valence-electron chi connectivity index (χ1n) is 6.87. The van der Waals surface area contributed by atoms with Crippen LogP contribution in [-0.2, 0) is 13.0 Å². The van der Waals surface area contributed by atoms with Gasteiger partial charge in [-0.1, -0.05) is 31.2 Å². The van der Waals surface area contributed by atoms with Gasteiger partial charge in [0.15, 0.2) is 5.65 Å². The fourth-order valence-electron chi connectivity index (χ4n) is 2.39. The van der Waals surface area contributed by atoms with Crippen LogP contribution in [0.3, 0.4) is 0 Å². The summed E-state index contributed by atoms with van der Waals surface area (Å²) in [5.74, 6) is 0. The number of hydrogen-bond acceptors (Lipinski definition) is 3. The van der Waals surface area contributed by atoms with Crippen molar-refractivity contribution in [1.82, 2.24) is 14.6 Å². The predicted octanol–water partition coefficient (Wildman–Crippen LogP) is 2.73. The first kappa shape index (κ1) is 12.8. The quantitative estimate of drug-likeness (QED) is 0.793. The van der Waals surface area contributed by atoms with Crippen LogP contribution >= 0.6 is 0 Å². The van der Waals surface area contributed by atoms with E-state index in [1.807, 2.05) is 23.6 Å². The minimum absolute atomic E-state index is 0.443. The summed E-state index contributed by atoms with van der Waals surface area (Å²) in [6.07, 6.45) is 1.05. The lowest BCUT2D eigenvalue weighted by molar-refractivity contribution is 0.843. The zero-order valence-corrected chi connectivity index (χ0v) is 11.8. The molecule has 0 bridgehead atoms. The molecular weight excluding hydrogens is 248 g/mol. The Morgan fingerprint density at radius 2 is 1.85 bits per heavy atom. The van der Waals surface area contributed by atoms with Crippen LogP contribution in [0.2, 0.25) is 0 Å². The number of benzene rings is 1. The van der Waals surface area contributed by atoms with Crippen LogP contribution in [-0.4, -0.2) is 14.6 Å². The Balaban J connectivity index is 2.11. The van der Waals surface area contributed by atoms with Crippen LogP contribution in [0, 0.1) is 6.92 Å². The van der Waals surface area contributed by atoms with Crippen molar-refractivity contribution < 1.29 is 0 Å². The number of hydrogen-bond donors (Lipinski definition) is 1. The first-order chi connectivity index (χ1) is 9.72. The summed E-state index contributed by atoms with van der Waals surface area (Å²) in [4.78, 5) is 4.47. The molecule has 3 rings (SSSR count). The summed E-state index contributed by atoms with van der Waals surface area (Å²) in [6, 6.07) is 12.5. The second kappa shape index (κ2) is 5.06. The van der Waals surface area contributed by atoms with Gasteiger partial charge >= 0.3 is 0 Å². The summed E-state index contributed by atoms with van der Waals surface area (Å²) in [5.41, 5.74) is 11.9. The molecule has 2 N–H and O–H groups in total. The summed E-state index contributed by atoms with van der Waals surface area (Å²) < 4.78 is 1.85. The molecule has 0 atom stereocenters. The third-order valence-electron chi connectivity index (χ3n) is 3.62. The average molecular weight is 266 g/mol. The van der Waals surface area contributed by atoms with E-state index in [4.69, 9.17) is 5.73 Å². The highest BCUT2D eigenvalue weighted by molar-refractivity contribution is 5.61. The molecular formula is C16H18N4. The first-order valence-corrected chi connectivity index (χ1v) is 6.87. The Kier molecular flexibility index (Phi) is 3.24. The van der Waals surface area contributed by atoms with Crippen molar-refractivity contribution in [2.45, 2.75) is 26.8 Å². The highest BCUT2D eigenvalue weighted by Crippen LogP contribution is 2.19. The van der Waals surface area contributed by atoms with E-state index in [1.165, 1.54) is 5.56 Å². The minimum Gasteiger partial charge on any atom is -0.325 e. The highest BCUT2D eigenvalue weighted by Gasteiger charge is 2.09. The molecule has 102 valence electrons. The maximum absolute atomic E-state index is 5.79. The van der Waals surface area contributed by atoms with Crippen molar-refractivity contribution in [2.75, 3.05) is 0 Å². The number of imidazole rings is 1. The minimum atomic E-state index is 0.443. The van der Waals surface area contributed by atoms with Crippen molar-refractivity contribution in [2.24, 2.45) is 5.73 Å². The fourth-order valence-corrected chi connectivity index (χ4v) is 2.39. The maximum Gasteiger partial charge on any atom is 0.154 e. The molecule has 0 radical (unpaired) electrons. The van der Waals surface area contributed by atoms with E-state index in [0.29, 0.717) is 6.54 Å². The lowest BCUT2D eigenvalue weighted by Crippen LogP contribution is -2.05. The normalized spacial score (nSPS) is 11.2. The molecule has 0 aliphatic heterocycles. The van der Waals surface area contributed by atoms with Crippen LogP contribution in [0.1, 0.15) is 23.9 Å². The smallest absolute Gasteiger partial charge is 0.154 e. The van der Waals surface area contributed by atoms with Crippen LogP contribution in [0.15, 0.2) is 36.4 Å². The monoisotopic (exact) mass is 266 g/mol. The molecule has 1 aromatic carbocycles. The zero-order chi connectivity index (χ0) is 14.1. The molecule has 0 saturated carbocycles. The van der Waals surface area contributed by atoms with Gasteiger partial charge in [0.2, 0.25) is 0 Å². The molecule has 0 amide bonds. The maximum atomic E-state index is 5.79. The fraction of sp³-hybridized carbons (Fsp3) is 0.250. The Hall–Kier alpha value is -2.20. The van der Waals surface area contributed by atoms with Crippen molar-refractivity contribution in [1.29, 1.82) is 0 Å². The van der Waals surface area contributed by atoms with Gasteiger partial charge in [-0.3, -0.25) is 0 Å². The molecule has 4 heteroatoms. The van der Waals surface area contributed by atoms with E-state index in [1.54, 1.807) is 0 Å². The number of aryl methyl sites for hydroxylation is 2. The molecule has 0 spiro atoms. The topological polar surface area (TPSA) is 56.2 Å². The third kappa shape index (κ3) is 2.08. The van der Waals surface area contributed by atoms with Crippen molar-refractivity contribution in [3.8, 4) is 11.3 Å². The Morgan fingerprint density at radius 1 is 1.10 bits per heavy atom. The summed E-state index contributed by atoms with van der Waals surface area (Å²) in [5, 5.41) is 4.67. The van der Waals surface area contributed by atoms with Gasteiger partial charge in [0.05, 0.1) is 17.1 Å². The molecule has 0 fully saturated rings. The summed E-state index contributed by atoms with van der Waals surface area (Å²) in [7, 11) is 0. The zero-order valence-electron chi connectivity index (χ0n) is 11.8. The number of rotatable bonds is 3. The van der Waals surface area contributed by atoms with E-state index in [0.717, 1.165) is 34.7 Å². The molecule has 0 unspecified atom stereocenters. The van der Waals surface area contributed by atoms with Gasteiger partial charge in [0, 0.05) is 12.1 Å². The van der Waals surface area contributed by atoms with Crippen LogP contribution < -0.4 is 5.73 Å². The van der Waals surface area contributed by atoms with E-state index >= 15 is 0 Å². The Bertz CT molecular complexity index is 741. The van der Waals surface area contributed by atoms with Crippen LogP contribution in [0.5, 0.6) is 0 Å². The largest absolute Gasteiger partial charge is 0.325 e. The van der Waals surface area contributed by atoms with Gasteiger partial charge in [-0.25, -0.2) is 9.50 Å². The molecule has 20 heavy (non-hydrogen) atoms. The standard InChI is InChI=1S/C16H18N4/c1-3-12-4-6-13(7-5-12)14-8-9-16-18-11(2)15(10-17)20(16)19-14/h4-9H,3,10,17H2,1-2H3. The van der Waals surface area contributed by atoms with E-state index < -0.39 is 0 Å². The van der Waals surface area contributed by atoms with Crippen molar-refractivity contribution >= 4 is 5.65 Å². The highest BCUT2D eigenvalue weighted by atomic mass is 15.3. The number of nitrogens with zero attached hydrogens (tertiary/aromatic N) is 3. The number of fused-ring (bicyclic) bond motifs is 1. The average Bonchev–Trinajstić information content (AvgIpc) is 2.81. The summed E-state index contributed by atoms with van der Waals surface area (Å²) >= 11 is 0. The number of aromatic nitrogens is 3. The van der Waals surface area contributed by atoms with E-state index in [9.17, 15) is 0 Å². The van der Waals surface area contributed by atoms with E-state index in [2.05, 4.69) is 41.3 Å². The van der Waals surface area contributed by atoms with Gasteiger partial charge in [0.1, 0.15) is 0 Å². The van der Waals surface area contributed by atoms with Gasteiger partial charge in [-0.15, -0.1) is 0 Å². The lowest BCUT2D eigenvalue weighted by atomic mass is 10.1. The molecule has 2 heterocycles.